The molecule has 0 radical (unpaired) electrons. The van der Waals surface area contributed by atoms with Gasteiger partial charge < -0.3 is 5.32 Å². The lowest BCUT2D eigenvalue weighted by molar-refractivity contribution is -0.117. The van der Waals surface area contributed by atoms with Gasteiger partial charge in [0.1, 0.15) is 11.6 Å². The van der Waals surface area contributed by atoms with Gasteiger partial charge in [0, 0.05) is 41.3 Å². The zero-order chi connectivity index (χ0) is 23.0. The Labute approximate surface area is 196 Å². The fourth-order valence-electron chi connectivity index (χ4n) is 3.31. The standard InChI is InChI=1S/C26H20ClN5O/c27-24-10-8-19(9-11-24)17-32-18-23(25(31-32)21-6-2-1-3-7-21)13-22(14-28)26(33)30-16-20-5-4-12-29-15-20/h1-13,15,18H,16-17H2,(H,30,33). The van der Waals surface area contributed by atoms with E-state index in [1.54, 1.807) is 29.2 Å². The van der Waals surface area contributed by atoms with Crippen LogP contribution in [0.5, 0.6) is 0 Å². The first-order chi connectivity index (χ1) is 16.1. The molecule has 7 heteroatoms. The lowest BCUT2D eigenvalue weighted by Gasteiger charge is -2.04. The quantitative estimate of drug-likeness (QED) is 0.319. The highest BCUT2D eigenvalue weighted by Crippen LogP contribution is 2.25. The summed E-state index contributed by atoms with van der Waals surface area (Å²) in [5, 5.41) is 17.8. The smallest absolute Gasteiger partial charge is 0.262 e. The number of pyridine rings is 1. The molecule has 0 atom stereocenters. The van der Waals surface area contributed by atoms with E-state index in [1.165, 1.54) is 0 Å². The van der Waals surface area contributed by atoms with Crippen LogP contribution < -0.4 is 5.32 Å². The summed E-state index contributed by atoms with van der Waals surface area (Å²) in [5.74, 6) is -0.453. The number of rotatable bonds is 7. The summed E-state index contributed by atoms with van der Waals surface area (Å²) < 4.78 is 1.79. The summed E-state index contributed by atoms with van der Waals surface area (Å²) in [5.41, 5.74) is 4.16. The van der Waals surface area contributed by atoms with Gasteiger partial charge in [-0.1, -0.05) is 60.1 Å². The molecule has 0 saturated heterocycles. The number of nitrogens with zero attached hydrogens (tertiary/aromatic N) is 4. The molecule has 33 heavy (non-hydrogen) atoms. The maximum Gasteiger partial charge on any atom is 0.262 e. The lowest BCUT2D eigenvalue weighted by Crippen LogP contribution is -2.24. The number of aromatic nitrogens is 3. The molecule has 0 aliphatic heterocycles. The molecule has 1 amide bonds. The Balaban J connectivity index is 1.63. The van der Waals surface area contributed by atoms with Gasteiger partial charge in [-0.15, -0.1) is 0 Å². The van der Waals surface area contributed by atoms with Gasteiger partial charge >= 0.3 is 0 Å². The predicted molar refractivity (Wildman–Crippen MR) is 128 cm³/mol. The van der Waals surface area contributed by atoms with Crippen molar-refractivity contribution >= 4 is 23.6 Å². The van der Waals surface area contributed by atoms with Gasteiger partial charge in [-0.3, -0.25) is 14.5 Å². The molecule has 0 aliphatic carbocycles. The van der Waals surface area contributed by atoms with Crippen LogP contribution in [-0.4, -0.2) is 20.7 Å². The molecule has 0 fully saturated rings. The highest BCUT2D eigenvalue weighted by atomic mass is 35.5. The number of hydrogen-bond acceptors (Lipinski definition) is 4. The van der Waals surface area contributed by atoms with E-state index in [0.29, 0.717) is 22.8 Å². The lowest BCUT2D eigenvalue weighted by atomic mass is 10.1. The minimum absolute atomic E-state index is 0.00196. The molecule has 0 spiro atoms. The van der Waals surface area contributed by atoms with Gasteiger partial charge in [-0.25, -0.2) is 0 Å². The average Bonchev–Trinajstić information content (AvgIpc) is 3.25. The monoisotopic (exact) mass is 453 g/mol. The Bertz CT molecular complexity index is 1310. The zero-order valence-electron chi connectivity index (χ0n) is 17.6. The number of carbonyl (C=O) groups excluding carboxylic acids is 1. The number of halogens is 1. The first-order valence-corrected chi connectivity index (χ1v) is 10.7. The van der Waals surface area contributed by atoms with Gasteiger partial charge in [-0.2, -0.15) is 10.4 Å². The summed E-state index contributed by atoms with van der Waals surface area (Å²) in [4.78, 5) is 16.7. The fourth-order valence-corrected chi connectivity index (χ4v) is 3.43. The third kappa shape index (κ3) is 5.73. The van der Waals surface area contributed by atoms with Gasteiger partial charge in [0.05, 0.1) is 12.2 Å². The first kappa shape index (κ1) is 22.0. The van der Waals surface area contributed by atoms with E-state index >= 15 is 0 Å². The molecule has 6 nitrogen and oxygen atoms in total. The molecule has 0 aliphatic rings. The van der Waals surface area contributed by atoms with Crippen LogP contribution in [0.4, 0.5) is 0 Å². The van der Waals surface area contributed by atoms with Crippen LogP contribution in [-0.2, 0) is 17.9 Å². The van der Waals surface area contributed by atoms with Crippen LogP contribution in [0, 0.1) is 11.3 Å². The molecule has 162 valence electrons. The van der Waals surface area contributed by atoms with Crippen molar-refractivity contribution in [3.63, 3.8) is 0 Å². The number of nitrogens with one attached hydrogen (secondary N) is 1. The van der Waals surface area contributed by atoms with E-state index in [0.717, 1.165) is 16.7 Å². The predicted octanol–water partition coefficient (Wildman–Crippen LogP) is 4.87. The highest BCUT2D eigenvalue weighted by molar-refractivity contribution is 6.30. The molecule has 2 aromatic carbocycles. The topological polar surface area (TPSA) is 83.6 Å². The van der Waals surface area contributed by atoms with Crippen molar-refractivity contribution < 1.29 is 4.79 Å². The van der Waals surface area contributed by atoms with Crippen molar-refractivity contribution in [1.82, 2.24) is 20.1 Å². The molecule has 0 bridgehead atoms. The Hall–Kier alpha value is -4.21. The molecular formula is C26H20ClN5O. The number of hydrogen-bond donors (Lipinski definition) is 1. The van der Waals surface area contributed by atoms with E-state index in [1.807, 2.05) is 72.9 Å². The van der Waals surface area contributed by atoms with E-state index in [4.69, 9.17) is 16.7 Å². The van der Waals surface area contributed by atoms with Crippen LogP contribution in [0.15, 0.2) is 90.9 Å². The molecular weight excluding hydrogens is 434 g/mol. The Morgan fingerprint density at radius 3 is 2.55 bits per heavy atom. The minimum Gasteiger partial charge on any atom is -0.347 e. The van der Waals surface area contributed by atoms with Crippen LogP contribution in [0.25, 0.3) is 17.3 Å². The Kier molecular flexibility index (Phi) is 6.93. The van der Waals surface area contributed by atoms with Crippen molar-refractivity contribution in [2.45, 2.75) is 13.1 Å². The van der Waals surface area contributed by atoms with Crippen molar-refractivity contribution in [3.8, 4) is 17.3 Å². The molecule has 4 aromatic rings. The van der Waals surface area contributed by atoms with Crippen molar-refractivity contribution in [2.24, 2.45) is 0 Å². The largest absolute Gasteiger partial charge is 0.347 e. The zero-order valence-corrected chi connectivity index (χ0v) is 18.4. The second kappa shape index (κ2) is 10.4. The van der Waals surface area contributed by atoms with Crippen LogP contribution in [0.3, 0.4) is 0 Å². The maximum atomic E-state index is 12.7. The number of benzene rings is 2. The molecule has 2 heterocycles. The maximum absolute atomic E-state index is 12.7. The van der Waals surface area contributed by atoms with Gasteiger partial charge in [0.25, 0.3) is 5.91 Å². The second-order valence-corrected chi connectivity index (χ2v) is 7.77. The molecule has 0 unspecified atom stereocenters. The molecule has 4 rings (SSSR count). The van der Waals surface area contributed by atoms with E-state index in [2.05, 4.69) is 10.3 Å². The van der Waals surface area contributed by atoms with Crippen LogP contribution in [0.2, 0.25) is 5.02 Å². The van der Waals surface area contributed by atoms with Gasteiger partial charge in [-0.05, 0) is 35.4 Å². The number of nitriles is 1. The van der Waals surface area contributed by atoms with E-state index in [9.17, 15) is 10.1 Å². The number of amides is 1. The SMILES string of the molecule is N#CC(=Cc1cn(Cc2ccc(Cl)cc2)nc1-c1ccccc1)C(=O)NCc1cccnc1. The Morgan fingerprint density at radius 1 is 1.06 bits per heavy atom. The Morgan fingerprint density at radius 2 is 1.85 bits per heavy atom. The van der Waals surface area contributed by atoms with E-state index < -0.39 is 5.91 Å². The number of carbonyl (C=O) groups is 1. The molecule has 2 aromatic heterocycles. The minimum atomic E-state index is -0.453. The summed E-state index contributed by atoms with van der Waals surface area (Å²) in [6, 6.07) is 22.9. The average molecular weight is 454 g/mol. The third-order valence-corrected chi connectivity index (χ3v) is 5.19. The fraction of sp³-hybridized carbons (Fsp3) is 0.0769. The summed E-state index contributed by atoms with van der Waals surface area (Å²) in [6.45, 7) is 0.812. The summed E-state index contributed by atoms with van der Waals surface area (Å²) in [7, 11) is 0. The highest BCUT2D eigenvalue weighted by Gasteiger charge is 2.14. The van der Waals surface area contributed by atoms with Crippen molar-refractivity contribution in [1.29, 1.82) is 5.26 Å². The third-order valence-electron chi connectivity index (χ3n) is 4.94. The van der Waals surface area contributed by atoms with Crippen LogP contribution >= 0.6 is 11.6 Å². The molecule has 0 saturated carbocycles. The normalized spacial score (nSPS) is 11.1. The van der Waals surface area contributed by atoms with E-state index in [-0.39, 0.29) is 12.1 Å². The van der Waals surface area contributed by atoms with Gasteiger partial charge in [0.2, 0.25) is 0 Å². The summed E-state index contributed by atoms with van der Waals surface area (Å²) in [6.07, 6.45) is 6.75. The molecule has 1 N–H and O–H groups in total. The van der Waals surface area contributed by atoms with Crippen molar-refractivity contribution in [3.05, 3.63) is 113 Å². The first-order valence-electron chi connectivity index (χ1n) is 10.3. The van der Waals surface area contributed by atoms with Crippen molar-refractivity contribution in [2.75, 3.05) is 0 Å². The van der Waals surface area contributed by atoms with Crippen LogP contribution in [0.1, 0.15) is 16.7 Å². The van der Waals surface area contributed by atoms with Gasteiger partial charge in [0.15, 0.2) is 0 Å². The summed E-state index contributed by atoms with van der Waals surface area (Å²) >= 11 is 5.99. The second-order valence-electron chi connectivity index (χ2n) is 7.34.